The second kappa shape index (κ2) is 4.05. The molecule has 0 saturated carbocycles. The van der Waals surface area contributed by atoms with Crippen LogP contribution in [0.3, 0.4) is 0 Å². The molecule has 0 amide bonds. The predicted molar refractivity (Wildman–Crippen MR) is 63.4 cm³/mol. The summed E-state index contributed by atoms with van der Waals surface area (Å²) < 4.78 is 28.5. The highest BCUT2D eigenvalue weighted by molar-refractivity contribution is 5.37. The predicted octanol–water partition coefficient (Wildman–Crippen LogP) is 3.02. The Morgan fingerprint density at radius 3 is 2.71 bits per heavy atom. The molecule has 0 aromatic heterocycles. The Hall–Kier alpha value is -0.960. The van der Waals surface area contributed by atoms with E-state index in [1.807, 2.05) is 6.07 Å². The summed E-state index contributed by atoms with van der Waals surface area (Å²) in [5, 5.41) is 2.91. The molecular formula is C14H17F2N. The maximum Gasteiger partial charge on any atom is 0.288 e. The van der Waals surface area contributed by atoms with Crippen molar-refractivity contribution in [1.29, 1.82) is 0 Å². The SMILES string of the molecule is FC(F)(c1ccc2c(c1)CCC2)C1CCCN1. The maximum atomic E-state index is 14.3. The zero-order chi connectivity index (χ0) is 11.9. The lowest BCUT2D eigenvalue weighted by Gasteiger charge is -2.24. The molecule has 1 heterocycles. The van der Waals surface area contributed by atoms with Gasteiger partial charge in [-0.3, -0.25) is 0 Å². The van der Waals surface area contributed by atoms with E-state index in [-0.39, 0.29) is 5.56 Å². The minimum absolute atomic E-state index is 0.192. The van der Waals surface area contributed by atoms with Gasteiger partial charge in [-0.25, -0.2) is 0 Å². The van der Waals surface area contributed by atoms with Gasteiger partial charge in [0.15, 0.2) is 0 Å². The molecule has 1 aromatic carbocycles. The molecule has 92 valence electrons. The first-order chi connectivity index (χ1) is 8.18. The van der Waals surface area contributed by atoms with Crippen LogP contribution in [0.2, 0.25) is 0 Å². The van der Waals surface area contributed by atoms with Crippen LogP contribution in [-0.4, -0.2) is 12.6 Å². The third-order valence-electron chi connectivity index (χ3n) is 3.98. The van der Waals surface area contributed by atoms with Crippen LogP contribution >= 0.6 is 0 Å². The molecule has 1 fully saturated rings. The van der Waals surface area contributed by atoms with Crippen LogP contribution in [-0.2, 0) is 18.8 Å². The summed E-state index contributed by atoms with van der Waals surface area (Å²) in [5.74, 6) is -2.73. The summed E-state index contributed by atoms with van der Waals surface area (Å²) in [6.45, 7) is 0.713. The van der Waals surface area contributed by atoms with Gasteiger partial charge in [0.1, 0.15) is 0 Å². The molecule has 1 N–H and O–H groups in total. The van der Waals surface area contributed by atoms with Crippen LogP contribution in [0.1, 0.15) is 36.0 Å². The fraction of sp³-hybridized carbons (Fsp3) is 0.571. The Labute approximate surface area is 100 Å². The van der Waals surface area contributed by atoms with Crippen molar-refractivity contribution in [2.45, 2.75) is 44.1 Å². The van der Waals surface area contributed by atoms with Gasteiger partial charge >= 0.3 is 0 Å². The highest BCUT2D eigenvalue weighted by Crippen LogP contribution is 2.37. The summed E-state index contributed by atoms with van der Waals surface area (Å²) in [5.41, 5.74) is 2.57. The van der Waals surface area contributed by atoms with E-state index in [0.717, 1.165) is 31.2 Å². The second-order valence-electron chi connectivity index (χ2n) is 5.11. The Bertz CT molecular complexity index is 422. The Balaban J connectivity index is 1.92. The van der Waals surface area contributed by atoms with Crippen LogP contribution < -0.4 is 5.32 Å². The van der Waals surface area contributed by atoms with Gasteiger partial charge in [0.25, 0.3) is 5.92 Å². The lowest BCUT2D eigenvalue weighted by Crippen LogP contribution is -2.38. The fourth-order valence-corrected chi connectivity index (χ4v) is 2.97. The van der Waals surface area contributed by atoms with E-state index < -0.39 is 12.0 Å². The van der Waals surface area contributed by atoms with Crippen molar-refractivity contribution in [2.75, 3.05) is 6.54 Å². The van der Waals surface area contributed by atoms with Gasteiger partial charge in [-0.1, -0.05) is 12.1 Å². The van der Waals surface area contributed by atoms with Crippen molar-refractivity contribution in [3.63, 3.8) is 0 Å². The van der Waals surface area contributed by atoms with Crippen molar-refractivity contribution in [1.82, 2.24) is 5.32 Å². The topological polar surface area (TPSA) is 12.0 Å². The minimum Gasteiger partial charge on any atom is -0.308 e. The van der Waals surface area contributed by atoms with Gasteiger partial charge in [-0.15, -0.1) is 0 Å². The molecule has 1 atom stereocenters. The number of rotatable bonds is 2. The van der Waals surface area contributed by atoms with E-state index in [2.05, 4.69) is 5.32 Å². The molecule has 0 bridgehead atoms. The van der Waals surface area contributed by atoms with Crippen molar-refractivity contribution in [3.05, 3.63) is 34.9 Å². The summed E-state index contributed by atoms with van der Waals surface area (Å²) in [4.78, 5) is 0. The van der Waals surface area contributed by atoms with Crippen molar-refractivity contribution in [2.24, 2.45) is 0 Å². The molecule has 1 nitrogen and oxygen atoms in total. The highest BCUT2D eigenvalue weighted by atomic mass is 19.3. The van der Waals surface area contributed by atoms with Crippen LogP contribution in [0.4, 0.5) is 8.78 Å². The highest BCUT2D eigenvalue weighted by Gasteiger charge is 2.42. The number of hydrogen-bond donors (Lipinski definition) is 1. The molecular weight excluding hydrogens is 220 g/mol. The van der Waals surface area contributed by atoms with Gasteiger partial charge in [0, 0.05) is 5.56 Å². The summed E-state index contributed by atoms with van der Waals surface area (Å²) in [6, 6.07) is 4.55. The number of alkyl halides is 2. The fourth-order valence-electron chi connectivity index (χ4n) is 2.97. The molecule has 0 radical (unpaired) electrons. The largest absolute Gasteiger partial charge is 0.308 e. The molecule has 2 aliphatic rings. The normalized spacial score (nSPS) is 24.0. The number of aryl methyl sites for hydroxylation is 2. The Morgan fingerprint density at radius 2 is 1.94 bits per heavy atom. The number of fused-ring (bicyclic) bond motifs is 1. The molecule has 3 rings (SSSR count). The number of hydrogen-bond acceptors (Lipinski definition) is 1. The average Bonchev–Trinajstić information content (AvgIpc) is 2.99. The Morgan fingerprint density at radius 1 is 1.12 bits per heavy atom. The molecule has 1 saturated heterocycles. The third kappa shape index (κ3) is 1.86. The number of nitrogens with one attached hydrogen (secondary N) is 1. The summed E-state index contributed by atoms with van der Waals surface area (Å²) in [6.07, 6.45) is 4.53. The lowest BCUT2D eigenvalue weighted by atomic mass is 9.96. The van der Waals surface area contributed by atoms with Gasteiger partial charge < -0.3 is 5.32 Å². The zero-order valence-corrected chi connectivity index (χ0v) is 9.81. The van der Waals surface area contributed by atoms with E-state index in [1.165, 1.54) is 5.56 Å². The van der Waals surface area contributed by atoms with Crippen molar-refractivity contribution >= 4 is 0 Å². The second-order valence-corrected chi connectivity index (χ2v) is 5.11. The third-order valence-corrected chi connectivity index (χ3v) is 3.98. The number of halogens is 2. The van der Waals surface area contributed by atoms with Gasteiger partial charge in [-0.2, -0.15) is 8.78 Å². The first-order valence-electron chi connectivity index (χ1n) is 6.41. The monoisotopic (exact) mass is 237 g/mol. The lowest BCUT2D eigenvalue weighted by molar-refractivity contribution is -0.0377. The van der Waals surface area contributed by atoms with Crippen LogP contribution in [0.15, 0.2) is 18.2 Å². The van der Waals surface area contributed by atoms with Crippen molar-refractivity contribution in [3.8, 4) is 0 Å². The summed E-state index contributed by atoms with van der Waals surface area (Å²) >= 11 is 0. The molecule has 1 aliphatic carbocycles. The van der Waals surface area contributed by atoms with Crippen LogP contribution in [0.5, 0.6) is 0 Å². The minimum atomic E-state index is -2.73. The zero-order valence-electron chi connectivity index (χ0n) is 9.81. The average molecular weight is 237 g/mol. The molecule has 1 aliphatic heterocycles. The molecule has 3 heteroatoms. The van der Waals surface area contributed by atoms with Crippen molar-refractivity contribution < 1.29 is 8.78 Å². The van der Waals surface area contributed by atoms with E-state index >= 15 is 0 Å². The first kappa shape index (κ1) is 11.1. The van der Waals surface area contributed by atoms with E-state index in [9.17, 15) is 8.78 Å². The molecule has 0 spiro atoms. The Kier molecular flexibility index (Phi) is 2.66. The standard InChI is InChI=1S/C14H17F2N/c15-14(16,13-5-2-8-17-13)12-7-6-10-3-1-4-11(10)9-12/h6-7,9,13,17H,1-5,8H2. The first-order valence-corrected chi connectivity index (χ1v) is 6.41. The molecule has 1 aromatic rings. The smallest absolute Gasteiger partial charge is 0.288 e. The maximum absolute atomic E-state index is 14.3. The van der Waals surface area contributed by atoms with Gasteiger partial charge in [0.2, 0.25) is 0 Å². The van der Waals surface area contributed by atoms with E-state index in [4.69, 9.17) is 0 Å². The van der Waals surface area contributed by atoms with Gasteiger partial charge in [-0.05, 0) is 55.8 Å². The quantitative estimate of drug-likeness (QED) is 0.833. The molecule has 17 heavy (non-hydrogen) atoms. The van der Waals surface area contributed by atoms with Crippen LogP contribution in [0.25, 0.3) is 0 Å². The number of benzene rings is 1. The van der Waals surface area contributed by atoms with E-state index in [0.29, 0.717) is 13.0 Å². The van der Waals surface area contributed by atoms with Gasteiger partial charge in [0.05, 0.1) is 6.04 Å². The van der Waals surface area contributed by atoms with E-state index in [1.54, 1.807) is 12.1 Å². The van der Waals surface area contributed by atoms with Crippen LogP contribution in [0, 0.1) is 0 Å². The molecule has 1 unspecified atom stereocenters. The summed E-state index contributed by atoms with van der Waals surface area (Å²) in [7, 11) is 0.